The van der Waals surface area contributed by atoms with Crippen LogP contribution in [0.3, 0.4) is 0 Å². The number of halogens is 2. The molecule has 124 valence electrons. The Morgan fingerprint density at radius 1 is 1.00 bits per heavy atom. The molecule has 0 heterocycles. The van der Waals surface area contributed by atoms with Gasteiger partial charge in [0.1, 0.15) is 11.3 Å². The van der Waals surface area contributed by atoms with Crippen molar-refractivity contribution in [3.05, 3.63) is 29.8 Å². The van der Waals surface area contributed by atoms with Crippen molar-refractivity contribution in [1.82, 2.24) is 0 Å². The molecule has 0 unspecified atom stereocenters. The third-order valence-corrected chi connectivity index (χ3v) is 3.44. The van der Waals surface area contributed by atoms with E-state index < -0.39 is 12.4 Å². The lowest BCUT2D eigenvalue weighted by atomic mass is 10.1. The zero-order valence-corrected chi connectivity index (χ0v) is 12.8. The van der Waals surface area contributed by atoms with Crippen molar-refractivity contribution >= 4 is 5.97 Å². The van der Waals surface area contributed by atoms with Crippen LogP contribution in [0, 0.1) is 0 Å². The number of unbranched alkanes of at least 4 members (excludes halogenated alkanes) is 6. The summed E-state index contributed by atoms with van der Waals surface area (Å²) in [6, 6.07) is 6.61. The number of carboxylic acids is 1. The van der Waals surface area contributed by atoms with Crippen molar-refractivity contribution in [1.29, 1.82) is 0 Å². The minimum Gasteiger partial charge on any atom is -0.493 e. The molecule has 0 saturated heterocycles. The molecule has 5 heteroatoms. The van der Waals surface area contributed by atoms with Crippen molar-refractivity contribution in [3.63, 3.8) is 0 Å². The van der Waals surface area contributed by atoms with Gasteiger partial charge in [-0.25, -0.2) is 13.6 Å². The number of ether oxygens (including phenoxy) is 1. The second kappa shape index (κ2) is 11.0. The molecule has 0 aliphatic rings. The topological polar surface area (TPSA) is 46.5 Å². The second-order valence-corrected chi connectivity index (χ2v) is 5.30. The smallest absolute Gasteiger partial charge is 0.339 e. The molecular weight excluding hydrogens is 290 g/mol. The minimum atomic E-state index is -2.18. The molecule has 3 nitrogen and oxygen atoms in total. The first-order chi connectivity index (χ1) is 10.6. The second-order valence-electron chi connectivity index (χ2n) is 5.30. The summed E-state index contributed by atoms with van der Waals surface area (Å²) in [5, 5.41) is 9.02. The molecule has 0 saturated carbocycles. The van der Waals surface area contributed by atoms with Crippen LogP contribution in [0.15, 0.2) is 24.3 Å². The summed E-state index contributed by atoms with van der Waals surface area (Å²) in [6.07, 6.45) is 4.28. The highest BCUT2D eigenvalue weighted by molar-refractivity contribution is 5.90. The standard InChI is InChI=1S/C17H24F2O3/c18-16(19)12-6-4-2-1-3-5-9-13-22-15-11-8-7-10-14(15)17(20)21/h7-8,10-11,16H,1-6,9,12-13H2,(H,20,21). The van der Waals surface area contributed by atoms with E-state index in [-0.39, 0.29) is 12.0 Å². The number of para-hydroxylation sites is 1. The maximum Gasteiger partial charge on any atom is 0.339 e. The van der Waals surface area contributed by atoms with Gasteiger partial charge in [-0.05, 0) is 25.0 Å². The molecular formula is C17H24F2O3. The maximum atomic E-state index is 11.9. The maximum absolute atomic E-state index is 11.9. The fraction of sp³-hybridized carbons (Fsp3) is 0.588. The predicted molar refractivity (Wildman–Crippen MR) is 81.8 cm³/mol. The van der Waals surface area contributed by atoms with Crippen LogP contribution in [0.5, 0.6) is 5.75 Å². The van der Waals surface area contributed by atoms with Crippen LogP contribution in [-0.2, 0) is 0 Å². The number of aromatic carboxylic acids is 1. The molecule has 0 fully saturated rings. The summed E-state index contributed by atoms with van der Waals surface area (Å²) in [7, 11) is 0. The van der Waals surface area contributed by atoms with E-state index in [2.05, 4.69) is 0 Å². The summed E-state index contributed by atoms with van der Waals surface area (Å²) < 4.78 is 29.3. The first kappa shape index (κ1) is 18.4. The summed E-state index contributed by atoms with van der Waals surface area (Å²) in [5.74, 6) is -0.582. The van der Waals surface area contributed by atoms with Gasteiger partial charge in [0.2, 0.25) is 6.43 Å². The SMILES string of the molecule is O=C(O)c1ccccc1OCCCCCCCCCC(F)F. The fourth-order valence-electron chi connectivity index (χ4n) is 2.24. The quantitative estimate of drug-likeness (QED) is 0.543. The Hall–Kier alpha value is -1.65. The first-order valence-corrected chi connectivity index (χ1v) is 7.84. The zero-order valence-electron chi connectivity index (χ0n) is 12.8. The van der Waals surface area contributed by atoms with Crippen LogP contribution in [0.2, 0.25) is 0 Å². The van der Waals surface area contributed by atoms with Crippen LogP contribution in [0.25, 0.3) is 0 Å². The Bertz CT molecular complexity index is 436. The van der Waals surface area contributed by atoms with E-state index >= 15 is 0 Å². The van der Waals surface area contributed by atoms with E-state index in [9.17, 15) is 13.6 Å². The highest BCUT2D eigenvalue weighted by Gasteiger charge is 2.09. The lowest BCUT2D eigenvalue weighted by Gasteiger charge is -2.08. The van der Waals surface area contributed by atoms with E-state index in [1.165, 1.54) is 6.07 Å². The molecule has 1 aromatic carbocycles. The van der Waals surface area contributed by atoms with Crippen LogP contribution < -0.4 is 4.74 Å². The summed E-state index contributed by atoms with van der Waals surface area (Å²) in [4.78, 5) is 11.0. The molecule has 0 aliphatic carbocycles. The Balaban J connectivity index is 2.03. The van der Waals surface area contributed by atoms with Gasteiger partial charge in [-0.1, -0.05) is 44.2 Å². The van der Waals surface area contributed by atoms with E-state index in [0.717, 1.165) is 38.5 Å². The third-order valence-electron chi connectivity index (χ3n) is 3.44. The molecule has 0 aliphatic heterocycles. The summed E-state index contributed by atoms with van der Waals surface area (Å²) in [6.45, 7) is 0.496. The molecule has 1 aromatic rings. The Morgan fingerprint density at radius 2 is 1.59 bits per heavy atom. The van der Waals surface area contributed by atoms with Crippen molar-refractivity contribution in [2.45, 2.75) is 57.8 Å². The average molecular weight is 314 g/mol. The lowest BCUT2D eigenvalue weighted by molar-refractivity contribution is 0.0692. The fourth-order valence-corrected chi connectivity index (χ4v) is 2.24. The van der Waals surface area contributed by atoms with Crippen LogP contribution >= 0.6 is 0 Å². The monoisotopic (exact) mass is 314 g/mol. The molecule has 0 bridgehead atoms. The molecule has 1 N–H and O–H groups in total. The predicted octanol–water partition coefficient (Wildman–Crippen LogP) is 5.15. The van der Waals surface area contributed by atoms with Gasteiger partial charge in [-0.2, -0.15) is 0 Å². The normalized spacial score (nSPS) is 10.9. The first-order valence-electron chi connectivity index (χ1n) is 7.84. The van der Waals surface area contributed by atoms with Gasteiger partial charge >= 0.3 is 5.97 Å². The minimum absolute atomic E-state index is 0.0107. The Morgan fingerprint density at radius 3 is 2.23 bits per heavy atom. The number of rotatable bonds is 12. The van der Waals surface area contributed by atoms with Crippen molar-refractivity contribution in [2.75, 3.05) is 6.61 Å². The average Bonchev–Trinajstić information content (AvgIpc) is 2.49. The van der Waals surface area contributed by atoms with Gasteiger partial charge in [0, 0.05) is 6.42 Å². The van der Waals surface area contributed by atoms with E-state index in [0.29, 0.717) is 18.8 Å². The van der Waals surface area contributed by atoms with Gasteiger partial charge in [0.25, 0.3) is 0 Å². The number of carboxylic acid groups (broad SMARTS) is 1. The zero-order chi connectivity index (χ0) is 16.2. The van der Waals surface area contributed by atoms with Crippen molar-refractivity contribution < 1.29 is 23.4 Å². The summed E-state index contributed by atoms with van der Waals surface area (Å²) in [5.41, 5.74) is 0.182. The van der Waals surface area contributed by atoms with E-state index in [1.54, 1.807) is 18.2 Å². The highest BCUT2D eigenvalue weighted by Crippen LogP contribution is 2.18. The molecule has 1 rings (SSSR count). The molecule has 0 spiro atoms. The van der Waals surface area contributed by atoms with Gasteiger partial charge in [0.05, 0.1) is 6.61 Å². The molecule has 0 amide bonds. The van der Waals surface area contributed by atoms with Crippen molar-refractivity contribution in [2.24, 2.45) is 0 Å². The van der Waals surface area contributed by atoms with E-state index in [1.807, 2.05) is 0 Å². The number of hydrogen-bond donors (Lipinski definition) is 1. The summed E-state index contributed by atoms with van der Waals surface area (Å²) >= 11 is 0. The van der Waals surface area contributed by atoms with Gasteiger partial charge in [-0.15, -0.1) is 0 Å². The van der Waals surface area contributed by atoms with Crippen LogP contribution in [-0.4, -0.2) is 24.1 Å². The molecule has 0 radical (unpaired) electrons. The van der Waals surface area contributed by atoms with Crippen molar-refractivity contribution in [3.8, 4) is 5.75 Å². The Labute approximate surface area is 130 Å². The van der Waals surface area contributed by atoms with Gasteiger partial charge < -0.3 is 9.84 Å². The number of carbonyl (C=O) groups is 1. The molecule has 0 aromatic heterocycles. The molecule has 0 atom stereocenters. The number of benzene rings is 1. The highest BCUT2D eigenvalue weighted by atomic mass is 19.3. The number of alkyl halides is 2. The largest absolute Gasteiger partial charge is 0.493 e. The lowest BCUT2D eigenvalue weighted by Crippen LogP contribution is -2.04. The van der Waals surface area contributed by atoms with Gasteiger partial charge in [0.15, 0.2) is 0 Å². The third kappa shape index (κ3) is 7.96. The molecule has 22 heavy (non-hydrogen) atoms. The van der Waals surface area contributed by atoms with E-state index in [4.69, 9.17) is 9.84 Å². The van der Waals surface area contributed by atoms with Crippen LogP contribution in [0.1, 0.15) is 61.7 Å². The Kier molecular flexibility index (Phi) is 9.19. The van der Waals surface area contributed by atoms with Gasteiger partial charge in [-0.3, -0.25) is 0 Å². The number of hydrogen-bond acceptors (Lipinski definition) is 2. The van der Waals surface area contributed by atoms with Crippen LogP contribution in [0.4, 0.5) is 8.78 Å².